The third-order valence-corrected chi connectivity index (χ3v) is 1.98. The lowest BCUT2D eigenvalue weighted by molar-refractivity contribution is -0.128. The van der Waals surface area contributed by atoms with Gasteiger partial charge in [-0.1, -0.05) is 0 Å². The number of hydrogen-bond acceptors (Lipinski definition) is 4. The van der Waals surface area contributed by atoms with E-state index in [0.717, 1.165) is 0 Å². The van der Waals surface area contributed by atoms with Crippen molar-refractivity contribution in [3.63, 3.8) is 0 Å². The van der Waals surface area contributed by atoms with Crippen molar-refractivity contribution in [2.45, 2.75) is 19.5 Å². The molecular weight excluding hydrogens is 210 g/mol. The number of nitrogens with zero attached hydrogens (tertiary/aromatic N) is 2. The van der Waals surface area contributed by atoms with Gasteiger partial charge in [-0.15, -0.1) is 0 Å². The van der Waals surface area contributed by atoms with E-state index in [4.69, 9.17) is 5.73 Å². The van der Waals surface area contributed by atoms with Gasteiger partial charge in [0.2, 0.25) is 11.8 Å². The number of anilines is 1. The maximum Gasteiger partial charge on any atom is 0.242 e. The molecule has 0 radical (unpaired) electrons. The van der Waals surface area contributed by atoms with Crippen molar-refractivity contribution in [3.8, 4) is 0 Å². The molecule has 7 heteroatoms. The van der Waals surface area contributed by atoms with Crippen LogP contribution in [-0.4, -0.2) is 34.7 Å². The highest BCUT2D eigenvalue weighted by Gasteiger charge is 2.14. The Morgan fingerprint density at radius 2 is 2.31 bits per heavy atom. The van der Waals surface area contributed by atoms with E-state index >= 15 is 0 Å². The fourth-order valence-corrected chi connectivity index (χ4v) is 1.18. The van der Waals surface area contributed by atoms with Crippen LogP contribution in [0.2, 0.25) is 0 Å². The smallest absolute Gasteiger partial charge is 0.242 e. The molecule has 1 aromatic rings. The molecule has 0 saturated heterocycles. The van der Waals surface area contributed by atoms with Crippen LogP contribution in [-0.2, 0) is 16.1 Å². The van der Waals surface area contributed by atoms with Crippen molar-refractivity contribution in [2.24, 2.45) is 0 Å². The number of aromatic nitrogens is 2. The van der Waals surface area contributed by atoms with Crippen molar-refractivity contribution in [1.29, 1.82) is 0 Å². The van der Waals surface area contributed by atoms with Crippen molar-refractivity contribution < 1.29 is 9.59 Å². The third kappa shape index (κ3) is 3.26. The number of rotatable bonds is 4. The average Bonchev–Trinajstić information content (AvgIpc) is 2.62. The number of carbonyl (C=O) groups excluding carboxylic acids is 2. The first kappa shape index (κ1) is 12.0. The second kappa shape index (κ2) is 5.15. The van der Waals surface area contributed by atoms with E-state index in [1.54, 1.807) is 13.1 Å². The van der Waals surface area contributed by atoms with Crippen LogP contribution < -0.4 is 16.4 Å². The molecule has 0 aliphatic heterocycles. The second-order valence-electron chi connectivity index (χ2n) is 3.37. The summed E-state index contributed by atoms with van der Waals surface area (Å²) in [5.41, 5.74) is 5.94. The van der Waals surface area contributed by atoms with E-state index < -0.39 is 6.04 Å². The van der Waals surface area contributed by atoms with E-state index in [9.17, 15) is 9.59 Å². The Morgan fingerprint density at radius 3 is 2.81 bits per heavy atom. The molecule has 4 N–H and O–H groups in total. The molecule has 88 valence electrons. The molecule has 1 atom stereocenters. The van der Waals surface area contributed by atoms with E-state index in [2.05, 4.69) is 15.7 Å². The van der Waals surface area contributed by atoms with Crippen molar-refractivity contribution in [2.75, 3.05) is 12.8 Å². The monoisotopic (exact) mass is 225 g/mol. The first-order valence-electron chi connectivity index (χ1n) is 4.82. The molecule has 2 amide bonds. The van der Waals surface area contributed by atoms with E-state index in [-0.39, 0.29) is 18.4 Å². The SMILES string of the molecule is CNC(=O)C(C)NC(=O)Cn1cc(N)cn1. The molecule has 16 heavy (non-hydrogen) atoms. The van der Waals surface area contributed by atoms with Crippen molar-refractivity contribution in [1.82, 2.24) is 20.4 Å². The molecule has 0 spiro atoms. The molecule has 0 fully saturated rings. The van der Waals surface area contributed by atoms with Crippen LogP contribution >= 0.6 is 0 Å². The summed E-state index contributed by atoms with van der Waals surface area (Å²) >= 11 is 0. The number of hydrogen-bond donors (Lipinski definition) is 3. The molecule has 0 bridgehead atoms. The van der Waals surface area contributed by atoms with Gasteiger partial charge in [0.25, 0.3) is 0 Å². The summed E-state index contributed by atoms with van der Waals surface area (Å²) in [5, 5.41) is 8.84. The normalized spacial score (nSPS) is 11.9. The van der Waals surface area contributed by atoms with Gasteiger partial charge in [0.05, 0.1) is 11.9 Å². The Morgan fingerprint density at radius 1 is 1.62 bits per heavy atom. The Hall–Kier alpha value is -2.05. The molecule has 0 aliphatic rings. The first-order chi connectivity index (χ1) is 7.52. The molecule has 1 unspecified atom stereocenters. The highest BCUT2D eigenvalue weighted by Crippen LogP contribution is 1.97. The first-order valence-corrected chi connectivity index (χ1v) is 4.82. The zero-order chi connectivity index (χ0) is 12.1. The van der Waals surface area contributed by atoms with E-state index in [1.165, 1.54) is 17.9 Å². The second-order valence-corrected chi connectivity index (χ2v) is 3.37. The van der Waals surface area contributed by atoms with Gasteiger partial charge in [-0.2, -0.15) is 5.10 Å². The summed E-state index contributed by atoms with van der Waals surface area (Å²) < 4.78 is 1.40. The van der Waals surface area contributed by atoms with Crippen LogP contribution in [0, 0.1) is 0 Å². The Kier molecular flexibility index (Phi) is 3.87. The predicted molar refractivity (Wildman–Crippen MR) is 58.3 cm³/mol. The van der Waals surface area contributed by atoms with Crippen LogP contribution in [0.5, 0.6) is 0 Å². The molecule has 1 aromatic heterocycles. The predicted octanol–water partition coefficient (Wildman–Crippen LogP) is -1.28. The zero-order valence-electron chi connectivity index (χ0n) is 9.23. The van der Waals surface area contributed by atoms with Crippen LogP contribution in [0.3, 0.4) is 0 Å². The van der Waals surface area contributed by atoms with Crippen LogP contribution in [0.4, 0.5) is 5.69 Å². The molecule has 7 nitrogen and oxygen atoms in total. The van der Waals surface area contributed by atoms with Crippen LogP contribution in [0.25, 0.3) is 0 Å². The van der Waals surface area contributed by atoms with Crippen molar-refractivity contribution in [3.05, 3.63) is 12.4 Å². The summed E-state index contributed by atoms with van der Waals surface area (Å²) in [7, 11) is 1.51. The molecule has 1 rings (SSSR count). The van der Waals surface area contributed by atoms with E-state index in [0.29, 0.717) is 5.69 Å². The Balaban J connectivity index is 2.45. The maximum absolute atomic E-state index is 11.5. The van der Waals surface area contributed by atoms with Gasteiger partial charge in [-0.3, -0.25) is 14.3 Å². The number of carbonyl (C=O) groups is 2. The number of nitrogens with two attached hydrogens (primary N) is 1. The average molecular weight is 225 g/mol. The number of likely N-dealkylation sites (N-methyl/N-ethyl adjacent to an activating group) is 1. The lowest BCUT2D eigenvalue weighted by Gasteiger charge is -2.11. The lowest BCUT2D eigenvalue weighted by Crippen LogP contribution is -2.44. The summed E-state index contributed by atoms with van der Waals surface area (Å²) in [6, 6.07) is -0.564. The van der Waals surface area contributed by atoms with Gasteiger partial charge >= 0.3 is 0 Å². The van der Waals surface area contributed by atoms with Gasteiger partial charge in [0.1, 0.15) is 12.6 Å². The Labute approximate surface area is 93.0 Å². The summed E-state index contributed by atoms with van der Waals surface area (Å²) in [5.74, 6) is -0.535. The van der Waals surface area contributed by atoms with Gasteiger partial charge in [-0.05, 0) is 6.92 Å². The van der Waals surface area contributed by atoms with Crippen molar-refractivity contribution >= 4 is 17.5 Å². The zero-order valence-corrected chi connectivity index (χ0v) is 9.23. The van der Waals surface area contributed by atoms with Crippen LogP contribution in [0.15, 0.2) is 12.4 Å². The van der Waals surface area contributed by atoms with E-state index in [1.807, 2.05) is 0 Å². The highest BCUT2D eigenvalue weighted by molar-refractivity contribution is 5.86. The quantitative estimate of drug-likeness (QED) is 0.593. The van der Waals surface area contributed by atoms with Gasteiger partial charge in [0.15, 0.2) is 0 Å². The number of nitrogen functional groups attached to an aromatic ring is 1. The molecule has 0 aromatic carbocycles. The van der Waals surface area contributed by atoms with Gasteiger partial charge in [-0.25, -0.2) is 0 Å². The van der Waals surface area contributed by atoms with Crippen LogP contribution in [0.1, 0.15) is 6.92 Å². The summed E-state index contributed by atoms with van der Waals surface area (Å²) in [4.78, 5) is 22.6. The lowest BCUT2D eigenvalue weighted by atomic mass is 10.3. The fraction of sp³-hybridized carbons (Fsp3) is 0.444. The largest absolute Gasteiger partial charge is 0.396 e. The number of amides is 2. The van der Waals surface area contributed by atoms with Gasteiger partial charge in [0, 0.05) is 13.2 Å². The summed E-state index contributed by atoms with van der Waals surface area (Å²) in [6.07, 6.45) is 3.00. The molecule has 0 aliphatic carbocycles. The Bertz CT molecular complexity index is 387. The molecule has 0 saturated carbocycles. The number of nitrogens with one attached hydrogen (secondary N) is 2. The minimum absolute atomic E-state index is 0.0402. The topological polar surface area (TPSA) is 102 Å². The minimum Gasteiger partial charge on any atom is -0.396 e. The molecule has 1 heterocycles. The standard InChI is InChI=1S/C9H15N5O2/c1-6(9(16)11-2)13-8(15)5-14-4-7(10)3-12-14/h3-4,6H,5,10H2,1-2H3,(H,11,16)(H,13,15). The minimum atomic E-state index is -0.564. The third-order valence-electron chi connectivity index (χ3n) is 1.98. The van der Waals surface area contributed by atoms with Gasteiger partial charge < -0.3 is 16.4 Å². The summed E-state index contributed by atoms with van der Waals surface area (Å²) in [6.45, 7) is 1.65. The molecular formula is C9H15N5O2. The fourth-order valence-electron chi connectivity index (χ4n) is 1.18. The highest BCUT2D eigenvalue weighted by atomic mass is 16.2. The maximum atomic E-state index is 11.5.